The van der Waals surface area contributed by atoms with Gasteiger partial charge in [-0.15, -0.1) is 0 Å². The van der Waals surface area contributed by atoms with Gasteiger partial charge in [-0.05, 0) is 19.4 Å². The molecule has 2 heterocycles. The third kappa shape index (κ3) is 3.89. The van der Waals surface area contributed by atoms with Gasteiger partial charge in [0.25, 0.3) is 0 Å². The maximum absolute atomic E-state index is 11.5. The highest BCUT2D eigenvalue weighted by Gasteiger charge is 2.31. The summed E-state index contributed by atoms with van der Waals surface area (Å²) in [7, 11) is -1.02. The van der Waals surface area contributed by atoms with E-state index in [-0.39, 0.29) is 17.5 Å². The van der Waals surface area contributed by atoms with Crippen LogP contribution in [0.25, 0.3) is 0 Å². The molecule has 0 aromatic carbocycles. The average molecular weight is 298 g/mol. The Morgan fingerprint density at radius 3 is 2.65 bits per heavy atom. The van der Waals surface area contributed by atoms with Gasteiger partial charge in [-0.25, -0.2) is 18.4 Å². The fourth-order valence-corrected chi connectivity index (χ4v) is 4.05. The van der Waals surface area contributed by atoms with Crippen LogP contribution < -0.4 is 10.2 Å². The molecule has 0 bridgehead atoms. The van der Waals surface area contributed by atoms with Crippen molar-refractivity contribution in [2.45, 2.75) is 32.4 Å². The highest BCUT2D eigenvalue weighted by Crippen LogP contribution is 2.19. The van der Waals surface area contributed by atoms with Crippen LogP contribution >= 0.6 is 0 Å². The molecule has 1 aliphatic heterocycles. The van der Waals surface area contributed by atoms with Gasteiger partial charge in [0.05, 0.1) is 11.5 Å². The van der Waals surface area contributed by atoms with Gasteiger partial charge in [-0.1, -0.05) is 6.92 Å². The molecule has 1 N–H and O–H groups in total. The Labute approximate surface area is 120 Å². The van der Waals surface area contributed by atoms with Crippen molar-refractivity contribution in [1.29, 1.82) is 0 Å². The maximum Gasteiger partial charge on any atom is 0.225 e. The van der Waals surface area contributed by atoms with Crippen molar-refractivity contribution in [3.63, 3.8) is 0 Å². The number of sulfone groups is 1. The summed E-state index contributed by atoms with van der Waals surface area (Å²) in [5, 5.41) is 3.29. The molecule has 0 aliphatic carbocycles. The molecule has 1 saturated heterocycles. The van der Waals surface area contributed by atoms with Gasteiger partial charge in [-0.2, -0.15) is 0 Å². The summed E-state index contributed by atoms with van der Waals surface area (Å²) in [5.74, 6) is 1.06. The molecule has 0 amide bonds. The molecular formula is C13H22N4O2S. The van der Waals surface area contributed by atoms with E-state index in [0.29, 0.717) is 12.4 Å². The van der Waals surface area contributed by atoms with Crippen LogP contribution in [0.4, 0.5) is 5.95 Å². The van der Waals surface area contributed by atoms with Crippen molar-refractivity contribution in [2.24, 2.45) is 0 Å². The Hall–Kier alpha value is -1.21. The lowest BCUT2D eigenvalue weighted by molar-refractivity contribution is 0.600. The number of nitrogens with zero attached hydrogens (tertiary/aromatic N) is 3. The second kappa shape index (κ2) is 6.49. The Bertz CT molecular complexity index is 530. The predicted octanol–water partition coefficient (Wildman–Crippen LogP) is 0.599. The first kappa shape index (κ1) is 15.2. The number of hydrogen-bond acceptors (Lipinski definition) is 6. The monoisotopic (exact) mass is 298 g/mol. The molecule has 1 aliphatic rings. The van der Waals surface area contributed by atoms with Crippen molar-refractivity contribution >= 4 is 15.8 Å². The van der Waals surface area contributed by atoms with E-state index in [4.69, 9.17) is 0 Å². The van der Waals surface area contributed by atoms with Crippen LogP contribution in [-0.4, -0.2) is 49.5 Å². The van der Waals surface area contributed by atoms with Gasteiger partial charge in [0.15, 0.2) is 9.84 Å². The van der Waals surface area contributed by atoms with E-state index in [0.717, 1.165) is 25.1 Å². The summed E-state index contributed by atoms with van der Waals surface area (Å²) in [6.45, 7) is 3.86. The molecule has 1 atom stereocenters. The van der Waals surface area contributed by atoms with Gasteiger partial charge in [0, 0.05) is 37.6 Å². The van der Waals surface area contributed by atoms with Crippen LogP contribution in [0.1, 0.15) is 25.3 Å². The highest BCUT2D eigenvalue weighted by atomic mass is 32.2. The Balaban J connectivity index is 1.95. The van der Waals surface area contributed by atoms with E-state index < -0.39 is 9.84 Å². The fraction of sp³-hybridized carbons (Fsp3) is 0.692. The molecule has 2 rings (SSSR count). The van der Waals surface area contributed by atoms with E-state index in [2.05, 4.69) is 22.2 Å². The average Bonchev–Trinajstić information content (AvgIpc) is 2.79. The minimum absolute atomic E-state index is 0.0101. The molecule has 1 aromatic heterocycles. The molecule has 1 unspecified atom stereocenters. The Morgan fingerprint density at radius 1 is 1.40 bits per heavy atom. The lowest BCUT2D eigenvalue weighted by Gasteiger charge is -2.23. The predicted molar refractivity (Wildman–Crippen MR) is 79.5 cm³/mol. The van der Waals surface area contributed by atoms with Crippen molar-refractivity contribution in [3.05, 3.63) is 18.0 Å². The topological polar surface area (TPSA) is 75.2 Å². The lowest BCUT2D eigenvalue weighted by Crippen LogP contribution is -2.33. The number of rotatable bonds is 6. The van der Waals surface area contributed by atoms with E-state index >= 15 is 0 Å². The van der Waals surface area contributed by atoms with Crippen molar-refractivity contribution < 1.29 is 8.42 Å². The maximum atomic E-state index is 11.5. The Morgan fingerprint density at radius 2 is 2.10 bits per heavy atom. The first-order chi connectivity index (χ1) is 9.52. The lowest BCUT2D eigenvalue weighted by atomic mass is 10.2. The first-order valence-electron chi connectivity index (χ1n) is 6.96. The summed E-state index contributed by atoms with van der Waals surface area (Å²) in [6.07, 6.45) is 5.34. The zero-order valence-electron chi connectivity index (χ0n) is 12.0. The van der Waals surface area contributed by atoms with Crippen molar-refractivity contribution in [1.82, 2.24) is 15.3 Å². The third-order valence-corrected chi connectivity index (χ3v) is 5.27. The van der Waals surface area contributed by atoms with Crippen LogP contribution in [0.2, 0.25) is 0 Å². The second-order valence-electron chi connectivity index (χ2n) is 5.24. The molecule has 1 fully saturated rings. The SMILES string of the molecule is CCCNCc1cnc(N(C)C2CCS(=O)(=O)C2)nc1. The summed E-state index contributed by atoms with van der Waals surface area (Å²) in [6, 6.07) is -0.0101. The molecular weight excluding hydrogens is 276 g/mol. The van der Waals surface area contributed by atoms with Crippen LogP contribution in [0, 0.1) is 0 Å². The smallest absolute Gasteiger partial charge is 0.225 e. The fourth-order valence-electron chi connectivity index (χ4n) is 2.28. The van der Waals surface area contributed by atoms with Gasteiger partial charge >= 0.3 is 0 Å². The minimum Gasteiger partial charge on any atom is -0.340 e. The van der Waals surface area contributed by atoms with E-state index in [1.54, 1.807) is 12.4 Å². The summed E-state index contributed by atoms with van der Waals surface area (Å²) in [4.78, 5) is 10.5. The zero-order chi connectivity index (χ0) is 14.6. The van der Waals surface area contributed by atoms with Gasteiger partial charge in [0.2, 0.25) is 5.95 Å². The first-order valence-corrected chi connectivity index (χ1v) is 8.79. The molecule has 0 radical (unpaired) electrons. The minimum atomic E-state index is -2.88. The number of anilines is 1. The number of nitrogens with one attached hydrogen (secondary N) is 1. The van der Waals surface area contributed by atoms with E-state index in [1.807, 2.05) is 11.9 Å². The van der Waals surface area contributed by atoms with Crippen molar-refractivity contribution in [3.8, 4) is 0 Å². The van der Waals surface area contributed by atoms with E-state index in [9.17, 15) is 8.42 Å². The molecule has 0 spiro atoms. The molecule has 1 aromatic rings. The van der Waals surface area contributed by atoms with Crippen LogP contribution in [0.15, 0.2) is 12.4 Å². The molecule has 7 heteroatoms. The quantitative estimate of drug-likeness (QED) is 0.775. The van der Waals surface area contributed by atoms with E-state index in [1.165, 1.54) is 0 Å². The van der Waals surface area contributed by atoms with Gasteiger partial charge < -0.3 is 10.2 Å². The van der Waals surface area contributed by atoms with Crippen molar-refractivity contribution in [2.75, 3.05) is 30.0 Å². The second-order valence-corrected chi connectivity index (χ2v) is 7.46. The number of aromatic nitrogens is 2. The van der Waals surface area contributed by atoms with Crippen LogP contribution in [-0.2, 0) is 16.4 Å². The summed E-state index contributed by atoms with van der Waals surface area (Å²) >= 11 is 0. The third-order valence-electron chi connectivity index (χ3n) is 3.52. The van der Waals surface area contributed by atoms with Crippen LogP contribution in [0.5, 0.6) is 0 Å². The standard InChI is InChI=1S/C13H22N4O2S/c1-3-5-14-7-11-8-15-13(16-9-11)17(2)12-4-6-20(18,19)10-12/h8-9,12,14H,3-7,10H2,1-2H3. The normalized spacial score (nSPS) is 21.0. The summed E-state index contributed by atoms with van der Waals surface area (Å²) in [5.41, 5.74) is 1.04. The largest absolute Gasteiger partial charge is 0.340 e. The van der Waals surface area contributed by atoms with Gasteiger partial charge in [-0.3, -0.25) is 0 Å². The zero-order valence-corrected chi connectivity index (χ0v) is 12.9. The highest BCUT2D eigenvalue weighted by molar-refractivity contribution is 7.91. The summed E-state index contributed by atoms with van der Waals surface area (Å²) < 4.78 is 23.0. The van der Waals surface area contributed by atoms with Crippen LogP contribution in [0.3, 0.4) is 0 Å². The Kier molecular flexibility index (Phi) is 4.93. The molecule has 20 heavy (non-hydrogen) atoms. The molecule has 112 valence electrons. The number of hydrogen-bond donors (Lipinski definition) is 1. The molecule has 0 saturated carbocycles. The molecule has 6 nitrogen and oxygen atoms in total. The van der Waals surface area contributed by atoms with Gasteiger partial charge in [0.1, 0.15) is 0 Å².